The smallest absolute Gasteiger partial charge is 0.243 e. The molecule has 0 radical (unpaired) electrons. The summed E-state index contributed by atoms with van der Waals surface area (Å²) in [4.78, 5) is 17.1. The number of anilines is 2. The maximum atomic E-state index is 13.3. The molecule has 5 rings (SSSR count). The number of piperazine rings is 1. The van der Waals surface area contributed by atoms with E-state index in [0.29, 0.717) is 24.5 Å². The van der Waals surface area contributed by atoms with E-state index in [1.807, 2.05) is 0 Å². The molecule has 32 heavy (non-hydrogen) atoms. The summed E-state index contributed by atoms with van der Waals surface area (Å²) in [5.74, 6) is 1.70. The van der Waals surface area contributed by atoms with Crippen molar-refractivity contribution in [3.63, 3.8) is 0 Å². The molecule has 0 saturated carbocycles. The van der Waals surface area contributed by atoms with Crippen LogP contribution in [0.3, 0.4) is 0 Å². The first-order chi connectivity index (χ1) is 15.4. The minimum atomic E-state index is -3.61. The maximum Gasteiger partial charge on any atom is 0.243 e. The average Bonchev–Trinajstić information content (AvgIpc) is 3.33. The van der Waals surface area contributed by atoms with Crippen molar-refractivity contribution in [2.24, 2.45) is 0 Å². The van der Waals surface area contributed by atoms with E-state index in [9.17, 15) is 8.42 Å². The number of hydrogen-bond donors (Lipinski definition) is 0. The van der Waals surface area contributed by atoms with Gasteiger partial charge >= 0.3 is 0 Å². The fraction of sp³-hybridized carbons (Fsp3) is 0.545. The van der Waals surface area contributed by atoms with Gasteiger partial charge in [0, 0.05) is 69.4 Å². The second-order valence-corrected chi connectivity index (χ2v) is 11.2. The summed E-state index contributed by atoms with van der Waals surface area (Å²) in [5.41, 5.74) is 1.94. The number of halogens is 1. The quantitative estimate of drug-likeness (QED) is 0.670. The van der Waals surface area contributed by atoms with Crippen molar-refractivity contribution in [2.45, 2.75) is 30.7 Å². The molecule has 0 aliphatic carbocycles. The van der Waals surface area contributed by atoms with Gasteiger partial charge in [0.2, 0.25) is 16.0 Å². The first-order valence-electron chi connectivity index (χ1n) is 11.3. The van der Waals surface area contributed by atoms with Crippen LogP contribution in [0.2, 0.25) is 5.02 Å². The summed E-state index contributed by atoms with van der Waals surface area (Å²) < 4.78 is 28.2. The Labute approximate surface area is 194 Å². The predicted molar refractivity (Wildman–Crippen MR) is 126 cm³/mol. The molecule has 4 heterocycles. The normalized spacial score (nSPS) is 20.6. The summed E-state index contributed by atoms with van der Waals surface area (Å²) in [6, 6.07) is 6.38. The molecule has 1 aromatic carbocycles. The van der Waals surface area contributed by atoms with Crippen LogP contribution < -0.4 is 9.80 Å². The van der Waals surface area contributed by atoms with Crippen molar-refractivity contribution in [1.82, 2.24) is 19.2 Å². The first kappa shape index (κ1) is 21.9. The lowest BCUT2D eigenvalue weighted by Gasteiger charge is -2.35. The van der Waals surface area contributed by atoms with Gasteiger partial charge in [0.25, 0.3) is 0 Å². The molecule has 2 fully saturated rings. The van der Waals surface area contributed by atoms with E-state index < -0.39 is 10.0 Å². The fourth-order valence-corrected chi connectivity index (χ4v) is 6.19. The van der Waals surface area contributed by atoms with Crippen LogP contribution in [0, 0.1) is 0 Å². The van der Waals surface area contributed by atoms with Crippen LogP contribution in [-0.2, 0) is 23.0 Å². The lowest BCUT2D eigenvalue weighted by atomic mass is 10.1. The fourth-order valence-electron chi connectivity index (χ4n) is 4.66. The van der Waals surface area contributed by atoms with Crippen LogP contribution in [0.1, 0.15) is 24.1 Å². The van der Waals surface area contributed by atoms with E-state index in [2.05, 4.69) is 21.7 Å². The molecule has 2 aromatic rings. The van der Waals surface area contributed by atoms with Crippen molar-refractivity contribution in [2.75, 3.05) is 62.7 Å². The van der Waals surface area contributed by atoms with Crippen LogP contribution in [0.15, 0.2) is 29.2 Å². The Morgan fingerprint density at radius 1 is 0.875 bits per heavy atom. The molecule has 0 N–H and O–H groups in total. The third-order valence-corrected chi connectivity index (χ3v) is 8.75. The van der Waals surface area contributed by atoms with Crippen molar-refractivity contribution in [3.8, 4) is 0 Å². The van der Waals surface area contributed by atoms with Crippen molar-refractivity contribution >= 4 is 33.4 Å². The maximum absolute atomic E-state index is 13.3. The number of fused-ring (bicyclic) bond motifs is 1. The molecular weight excluding hydrogens is 448 g/mol. The van der Waals surface area contributed by atoms with Gasteiger partial charge in [0.05, 0.1) is 10.6 Å². The third-order valence-electron chi connectivity index (χ3n) is 6.63. The molecule has 3 aliphatic heterocycles. The number of rotatable bonds is 4. The minimum absolute atomic E-state index is 0.267. The zero-order valence-corrected chi connectivity index (χ0v) is 19.9. The molecule has 2 saturated heterocycles. The first-order valence-corrected chi connectivity index (χ1v) is 13.1. The second kappa shape index (κ2) is 8.78. The van der Waals surface area contributed by atoms with Gasteiger partial charge in [-0.15, -0.1) is 0 Å². The SMILES string of the molecule is CN1CCN(c2nc3c(c(N4CCCC4)n2)CN(S(=O)(=O)c2ccc(Cl)cc2)CC3)CC1. The Hall–Kier alpha value is -1.94. The number of hydrogen-bond acceptors (Lipinski definition) is 7. The van der Waals surface area contributed by atoms with Gasteiger partial charge in [-0.3, -0.25) is 0 Å². The monoisotopic (exact) mass is 476 g/mol. The molecule has 8 nitrogen and oxygen atoms in total. The Kier molecular flexibility index (Phi) is 6.00. The van der Waals surface area contributed by atoms with E-state index >= 15 is 0 Å². The summed E-state index contributed by atoms with van der Waals surface area (Å²) in [6.45, 7) is 6.42. The van der Waals surface area contributed by atoms with Gasteiger partial charge in [-0.25, -0.2) is 13.4 Å². The molecule has 3 aliphatic rings. The van der Waals surface area contributed by atoms with Gasteiger partial charge in [-0.1, -0.05) is 11.6 Å². The predicted octanol–water partition coefficient (Wildman–Crippen LogP) is 2.23. The average molecular weight is 477 g/mol. The lowest BCUT2D eigenvalue weighted by Crippen LogP contribution is -2.45. The Morgan fingerprint density at radius 3 is 2.25 bits per heavy atom. The number of sulfonamides is 1. The standard InChI is InChI=1S/C22H29ClN6O2S/c1-26-12-14-28(15-13-26)22-24-20-8-11-29(32(30,31)18-6-4-17(23)5-7-18)16-19(20)21(25-22)27-9-2-3-10-27/h4-7H,2-3,8-16H2,1H3. The number of benzene rings is 1. The molecule has 0 bridgehead atoms. The number of nitrogens with zero attached hydrogens (tertiary/aromatic N) is 6. The van der Waals surface area contributed by atoms with Crippen LogP contribution in [0.4, 0.5) is 11.8 Å². The van der Waals surface area contributed by atoms with Gasteiger partial charge in [0.1, 0.15) is 5.82 Å². The van der Waals surface area contributed by atoms with Crippen LogP contribution in [0.5, 0.6) is 0 Å². The molecule has 172 valence electrons. The highest BCUT2D eigenvalue weighted by Gasteiger charge is 2.33. The lowest BCUT2D eigenvalue weighted by molar-refractivity contribution is 0.310. The summed E-state index contributed by atoms with van der Waals surface area (Å²) in [7, 11) is -1.48. The molecule has 0 spiro atoms. The zero-order chi connectivity index (χ0) is 22.3. The van der Waals surface area contributed by atoms with E-state index in [1.54, 1.807) is 28.6 Å². The topological polar surface area (TPSA) is 72.9 Å². The zero-order valence-electron chi connectivity index (χ0n) is 18.4. The summed E-state index contributed by atoms with van der Waals surface area (Å²) in [5, 5.41) is 0.522. The molecule has 10 heteroatoms. The third kappa shape index (κ3) is 4.19. The highest BCUT2D eigenvalue weighted by atomic mass is 35.5. The highest BCUT2D eigenvalue weighted by molar-refractivity contribution is 7.89. The highest BCUT2D eigenvalue weighted by Crippen LogP contribution is 2.33. The summed E-state index contributed by atoms with van der Waals surface area (Å²) in [6.07, 6.45) is 2.86. The Balaban J connectivity index is 1.48. The van der Waals surface area contributed by atoms with Gasteiger partial charge in [-0.2, -0.15) is 9.29 Å². The van der Waals surface area contributed by atoms with Crippen molar-refractivity contribution < 1.29 is 8.42 Å². The van der Waals surface area contributed by atoms with E-state index in [0.717, 1.165) is 75.1 Å². The minimum Gasteiger partial charge on any atom is -0.356 e. The Bertz CT molecular complexity index is 1080. The van der Waals surface area contributed by atoms with Crippen LogP contribution >= 0.6 is 11.6 Å². The Morgan fingerprint density at radius 2 is 1.56 bits per heavy atom. The molecule has 0 unspecified atom stereocenters. The molecule has 0 amide bonds. The van der Waals surface area contributed by atoms with Crippen LogP contribution in [0.25, 0.3) is 0 Å². The van der Waals surface area contributed by atoms with Gasteiger partial charge in [0.15, 0.2) is 0 Å². The number of aromatic nitrogens is 2. The second-order valence-electron chi connectivity index (χ2n) is 8.80. The van der Waals surface area contributed by atoms with E-state index in [4.69, 9.17) is 21.6 Å². The number of likely N-dealkylation sites (N-methyl/N-ethyl adjacent to an activating group) is 1. The van der Waals surface area contributed by atoms with Crippen LogP contribution in [-0.4, -0.2) is 80.5 Å². The molecule has 0 atom stereocenters. The van der Waals surface area contributed by atoms with Gasteiger partial charge < -0.3 is 14.7 Å². The molecule has 1 aromatic heterocycles. The summed E-state index contributed by atoms with van der Waals surface area (Å²) >= 11 is 5.96. The van der Waals surface area contributed by atoms with E-state index in [-0.39, 0.29) is 4.90 Å². The largest absolute Gasteiger partial charge is 0.356 e. The van der Waals surface area contributed by atoms with E-state index in [1.165, 1.54) is 0 Å². The van der Waals surface area contributed by atoms with Gasteiger partial charge in [-0.05, 0) is 44.2 Å². The van der Waals surface area contributed by atoms with Crippen molar-refractivity contribution in [1.29, 1.82) is 0 Å². The molecular formula is C22H29ClN6O2S. The van der Waals surface area contributed by atoms with Crippen molar-refractivity contribution in [3.05, 3.63) is 40.5 Å².